The van der Waals surface area contributed by atoms with E-state index < -0.39 is 0 Å². The smallest absolute Gasteiger partial charge is 0.0558 e. The minimum absolute atomic E-state index is 0.277. The third kappa shape index (κ3) is 5.34. The molecule has 1 aliphatic carbocycles. The van der Waals surface area contributed by atoms with E-state index in [1.807, 2.05) is 0 Å². The van der Waals surface area contributed by atoms with Crippen molar-refractivity contribution < 1.29 is 5.11 Å². The highest BCUT2D eigenvalue weighted by atomic mass is 16.3. The second-order valence-electron chi connectivity index (χ2n) is 7.56. The Morgan fingerprint density at radius 2 is 1.90 bits per heavy atom. The van der Waals surface area contributed by atoms with Crippen LogP contribution >= 0.6 is 0 Å². The molecule has 1 aliphatic rings. The molecule has 0 aromatic carbocycles. The predicted molar refractivity (Wildman–Crippen MR) is 87.0 cm³/mol. The van der Waals surface area contributed by atoms with Gasteiger partial charge in [-0.1, -0.05) is 27.7 Å². The Bertz CT molecular complexity index is 256. The summed E-state index contributed by atoms with van der Waals surface area (Å²) < 4.78 is 0. The Morgan fingerprint density at radius 1 is 1.20 bits per heavy atom. The first-order valence-corrected chi connectivity index (χ1v) is 8.42. The van der Waals surface area contributed by atoms with Crippen LogP contribution in [0.4, 0.5) is 0 Å². The van der Waals surface area contributed by atoms with Crippen molar-refractivity contribution in [3.05, 3.63) is 0 Å². The molecule has 1 rings (SSSR count). The molecule has 0 bridgehead atoms. The predicted octanol–water partition coefficient (Wildman–Crippen LogP) is 2.74. The molecule has 0 saturated heterocycles. The van der Waals surface area contributed by atoms with Crippen molar-refractivity contribution in [1.82, 2.24) is 10.2 Å². The quantitative estimate of drug-likeness (QED) is 0.754. The summed E-state index contributed by atoms with van der Waals surface area (Å²) in [5.74, 6) is 1.55. The van der Waals surface area contributed by atoms with Crippen molar-refractivity contribution in [2.75, 3.05) is 33.3 Å². The fraction of sp³-hybridized carbons (Fsp3) is 1.00. The summed E-state index contributed by atoms with van der Waals surface area (Å²) >= 11 is 0. The minimum Gasteiger partial charge on any atom is -0.395 e. The molecule has 3 unspecified atom stereocenters. The van der Waals surface area contributed by atoms with Crippen LogP contribution in [-0.2, 0) is 0 Å². The van der Waals surface area contributed by atoms with Gasteiger partial charge < -0.3 is 15.3 Å². The van der Waals surface area contributed by atoms with Gasteiger partial charge in [-0.2, -0.15) is 0 Å². The zero-order valence-electron chi connectivity index (χ0n) is 14.3. The highest BCUT2D eigenvalue weighted by Gasteiger charge is 2.35. The molecule has 2 N–H and O–H groups in total. The fourth-order valence-corrected chi connectivity index (χ4v) is 3.72. The lowest BCUT2D eigenvalue weighted by Crippen LogP contribution is -2.47. The molecule has 0 radical (unpaired) electrons. The summed E-state index contributed by atoms with van der Waals surface area (Å²) in [6.45, 7) is 12.7. The van der Waals surface area contributed by atoms with Crippen LogP contribution in [0.25, 0.3) is 0 Å². The van der Waals surface area contributed by atoms with Gasteiger partial charge in [-0.3, -0.25) is 0 Å². The third-order valence-electron chi connectivity index (χ3n) is 5.03. The van der Waals surface area contributed by atoms with E-state index in [1.165, 1.54) is 25.7 Å². The molecule has 0 aromatic rings. The van der Waals surface area contributed by atoms with Gasteiger partial charge in [-0.05, 0) is 56.5 Å². The Morgan fingerprint density at radius 3 is 2.40 bits per heavy atom. The zero-order valence-corrected chi connectivity index (χ0v) is 14.3. The van der Waals surface area contributed by atoms with Gasteiger partial charge in [0.25, 0.3) is 0 Å². The molecule has 0 amide bonds. The molecular formula is C17H36N2O. The minimum atomic E-state index is 0.277. The van der Waals surface area contributed by atoms with E-state index in [1.54, 1.807) is 0 Å². The molecule has 120 valence electrons. The molecule has 0 spiro atoms. The summed E-state index contributed by atoms with van der Waals surface area (Å²) in [6.07, 6.45) is 5.13. The molecule has 0 aromatic heterocycles. The number of aliphatic hydroxyl groups is 1. The summed E-state index contributed by atoms with van der Waals surface area (Å²) in [7, 11) is 2.10. The summed E-state index contributed by atoms with van der Waals surface area (Å²) in [4.78, 5) is 2.44. The lowest BCUT2D eigenvalue weighted by Gasteiger charge is -2.43. The number of hydrogen-bond donors (Lipinski definition) is 2. The molecule has 1 saturated carbocycles. The van der Waals surface area contributed by atoms with Gasteiger partial charge in [0, 0.05) is 19.1 Å². The average Bonchev–Trinajstić information content (AvgIpc) is 2.38. The van der Waals surface area contributed by atoms with Crippen LogP contribution in [0.5, 0.6) is 0 Å². The van der Waals surface area contributed by atoms with Crippen molar-refractivity contribution in [3.8, 4) is 0 Å². The lowest BCUT2D eigenvalue weighted by molar-refractivity contribution is 0.0832. The largest absolute Gasteiger partial charge is 0.395 e. The lowest BCUT2D eigenvalue weighted by atomic mass is 9.67. The van der Waals surface area contributed by atoms with Crippen LogP contribution in [0.2, 0.25) is 0 Å². The van der Waals surface area contributed by atoms with E-state index in [4.69, 9.17) is 0 Å². The SMILES string of the molecule is CCCN(CCO)CC1CC(C(C)(C)C)CCC1NC. The zero-order chi connectivity index (χ0) is 15.2. The number of aliphatic hydroxyl groups excluding tert-OH is 1. The van der Waals surface area contributed by atoms with Crippen LogP contribution in [-0.4, -0.2) is 49.3 Å². The standard InChI is InChI=1S/C17H36N2O/c1-6-9-19(10-11-20)13-14-12-15(17(2,3)4)7-8-16(14)18-5/h14-16,18,20H,6-13H2,1-5H3. The highest BCUT2D eigenvalue weighted by molar-refractivity contribution is 4.89. The second kappa shape index (κ2) is 8.35. The Labute approximate surface area is 126 Å². The van der Waals surface area contributed by atoms with Gasteiger partial charge in [-0.15, -0.1) is 0 Å². The van der Waals surface area contributed by atoms with Crippen molar-refractivity contribution in [1.29, 1.82) is 0 Å². The summed E-state index contributed by atoms with van der Waals surface area (Å²) in [5.41, 5.74) is 0.420. The van der Waals surface area contributed by atoms with Crippen LogP contribution in [0.15, 0.2) is 0 Å². The molecule has 3 heteroatoms. The molecule has 0 aliphatic heterocycles. The number of nitrogens with one attached hydrogen (secondary N) is 1. The van der Waals surface area contributed by atoms with Crippen LogP contribution in [0.3, 0.4) is 0 Å². The van der Waals surface area contributed by atoms with Gasteiger partial charge >= 0.3 is 0 Å². The highest BCUT2D eigenvalue weighted by Crippen LogP contribution is 2.40. The van der Waals surface area contributed by atoms with E-state index in [0.717, 1.165) is 31.5 Å². The number of hydrogen-bond acceptors (Lipinski definition) is 3. The maximum atomic E-state index is 9.24. The first kappa shape index (κ1) is 17.9. The van der Waals surface area contributed by atoms with Gasteiger partial charge in [0.05, 0.1) is 6.61 Å². The van der Waals surface area contributed by atoms with Crippen molar-refractivity contribution in [3.63, 3.8) is 0 Å². The first-order valence-electron chi connectivity index (χ1n) is 8.42. The van der Waals surface area contributed by atoms with E-state index in [0.29, 0.717) is 11.5 Å². The topological polar surface area (TPSA) is 35.5 Å². The van der Waals surface area contributed by atoms with Crippen LogP contribution < -0.4 is 5.32 Å². The van der Waals surface area contributed by atoms with Crippen LogP contribution in [0.1, 0.15) is 53.4 Å². The first-order chi connectivity index (χ1) is 9.42. The molecular weight excluding hydrogens is 248 g/mol. The normalized spacial score (nSPS) is 28.1. The number of rotatable bonds is 7. The maximum Gasteiger partial charge on any atom is 0.0558 e. The molecule has 3 nitrogen and oxygen atoms in total. The van der Waals surface area contributed by atoms with E-state index in [9.17, 15) is 5.11 Å². The van der Waals surface area contributed by atoms with E-state index >= 15 is 0 Å². The fourth-order valence-electron chi connectivity index (χ4n) is 3.72. The van der Waals surface area contributed by atoms with E-state index in [2.05, 4.69) is 45.0 Å². The van der Waals surface area contributed by atoms with Crippen molar-refractivity contribution >= 4 is 0 Å². The Kier molecular flexibility index (Phi) is 7.49. The van der Waals surface area contributed by atoms with Crippen molar-refractivity contribution in [2.45, 2.75) is 59.4 Å². The van der Waals surface area contributed by atoms with Gasteiger partial charge in [0.2, 0.25) is 0 Å². The average molecular weight is 284 g/mol. The second-order valence-corrected chi connectivity index (χ2v) is 7.56. The maximum absolute atomic E-state index is 9.24. The summed E-state index contributed by atoms with van der Waals surface area (Å²) in [6, 6.07) is 0.645. The Balaban J connectivity index is 2.65. The van der Waals surface area contributed by atoms with E-state index in [-0.39, 0.29) is 6.61 Å². The van der Waals surface area contributed by atoms with Gasteiger partial charge in [-0.25, -0.2) is 0 Å². The molecule has 1 fully saturated rings. The summed E-state index contributed by atoms with van der Waals surface area (Å²) in [5, 5.41) is 12.8. The van der Waals surface area contributed by atoms with Gasteiger partial charge in [0.15, 0.2) is 0 Å². The Hall–Kier alpha value is -0.120. The third-order valence-corrected chi connectivity index (χ3v) is 5.03. The molecule has 20 heavy (non-hydrogen) atoms. The van der Waals surface area contributed by atoms with Crippen LogP contribution in [0, 0.1) is 17.3 Å². The van der Waals surface area contributed by atoms with Gasteiger partial charge in [0.1, 0.15) is 0 Å². The van der Waals surface area contributed by atoms with Crippen molar-refractivity contribution in [2.24, 2.45) is 17.3 Å². The monoisotopic (exact) mass is 284 g/mol. The number of nitrogens with zero attached hydrogens (tertiary/aromatic N) is 1. The molecule has 0 heterocycles. The molecule has 3 atom stereocenters.